The van der Waals surface area contributed by atoms with Crippen LogP contribution in [0.1, 0.15) is 46.1 Å². The molecule has 0 aliphatic carbocycles. The number of para-hydroxylation sites is 1. The standard InChI is InChI=1S/C31H38F2N6O4/c1-17(34-5)29(41)38-27(31(2,3)4)30(42)39-12-8-11-23(39)24(40)14-18-13-19-22(15-25(18)43-6)35-16-36-28(19)37-26-20(32)9-7-10-21(26)33/h7,9-10,13,15-17,23,27,34H,8,11-12,14H2,1-6H3,(H,38,41)(H,35,36,37)/t17-,23-,27+/m0/s1. The smallest absolute Gasteiger partial charge is 0.246 e. The Morgan fingerprint density at radius 2 is 1.84 bits per heavy atom. The Balaban J connectivity index is 1.62. The summed E-state index contributed by atoms with van der Waals surface area (Å²) in [6.07, 6.45) is 2.32. The number of nitrogens with one attached hydrogen (secondary N) is 3. The van der Waals surface area contributed by atoms with E-state index in [0.29, 0.717) is 41.6 Å². The number of aromatic nitrogens is 2. The van der Waals surface area contributed by atoms with Crippen molar-refractivity contribution in [1.82, 2.24) is 25.5 Å². The third-order valence-corrected chi connectivity index (χ3v) is 7.74. The van der Waals surface area contributed by atoms with E-state index in [1.807, 2.05) is 20.8 Å². The van der Waals surface area contributed by atoms with Gasteiger partial charge < -0.3 is 25.6 Å². The second kappa shape index (κ2) is 13.0. The molecule has 12 heteroatoms. The maximum Gasteiger partial charge on any atom is 0.246 e. The van der Waals surface area contributed by atoms with Crippen molar-refractivity contribution in [3.05, 3.63) is 53.9 Å². The average molecular weight is 597 g/mol. The van der Waals surface area contributed by atoms with E-state index >= 15 is 0 Å². The minimum atomic E-state index is -0.830. The monoisotopic (exact) mass is 596 g/mol. The van der Waals surface area contributed by atoms with Gasteiger partial charge in [-0.05, 0) is 50.4 Å². The normalized spacial score (nSPS) is 16.6. The number of benzene rings is 2. The highest BCUT2D eigenvalue weighted by atomic mass is 19.1. The fourth-order valence-corrected chi connectivity index (χ4v) is 5.18. The lowest BCUT2D eigenvalue weighted by Crippen LogP contribution is -2.58. The van der Waals surface area contributed by atoms with E-state index in [9.17, 15) is 23.2 Å². The van der Waals surface area contributed by atoms with Crippen molar-refractivity contribution in [3.8, 4) is 5.75 Å². The van der Waals surface area contributed by atoms with Gasteiger partial charge in [0.05, 0.1) is 24.7 Å². The zero-order chi connectivity index (χ0) is 31.5. The molecule has 0 spiro atoms. The molecule has 43 heavy (non-hydrogen) atoms. The molecule has 2 aromatic carbocycles. The Morgan fingerprint density at radius 3 is 2.47 bits per heavy atom. The first-order valence-corrected chi connectivity index (χ1v) is 14.2. The lowest BCUT2D eigenvalue weighted by atomic mass is 9.85. The molecule has 0 bridgehead atoms. The molecule has 3 atom stereocenters. The molecule has 1 fully saturated rings. The van der Waals surface area contributed by atoms with Gasteiger partial charge in [-0.1, -0.05) is 26.8 Å². The van der Waals surface area contributed by atoms with Gasteiger partial charge in [0, 0.05) is 30.0 Å². The van der Waals surface area contributed by atoms with Crippen molar-refractivity contribution in [2.24, 2.45) is 5.41 Å². The molecule has 1 aliphatic rings. The minimum absolute atomic E-state index is 0.0702. The highest BCUT2D eigenvalue weighted by Gasteiger charge is 2.42. The number of carbonyl (C=O) groups excluding carboxylic acids is 3. The summed E-state index contributed by atoms with van der Waals surface area (Å²) < 4.78 is 34.3. The number of nitrogens with zero attached hydrogens (tertiary/aromatic N) is 3. The van der Waals surface area contributed by atoms with Gasteiger partial charge in [-0.15, -0.1) is 0 Å². The number of likely N-dealkylation sites (tertiary alicyclic amines) is 1. The number of hydrogen-bond donors (Lipinski definition) is 3. The van der Waals surface area contributed by atoms with E-state index in [2.05, 4.69) is 25.9 Å². The summed E-state index contributed by atoms with van der Waals surface area (Å²) in [5.41, 5.74) is -0.00569. The van der Waals surface area contributed by atoms with Crippen molar-refractivity contribution in [2.45, 2.75) is 65.1 Å². The van der Waals surface area contributed by atoms with Crippen LogP contribution < -0.4 is 20.7 Å². The van der Waals surface area contributed by atoms with Crippen LogP contribution in [0.5, 0.6) is 5.75 Å². The van der Waals surface area contributed by atoms with Crippen LogP contribution in [0, 0.1) is 17.0 Å². The van der Waals surface area contributed by atoms with E-state index in [4.69, 9.17) is 4.74 Å². The summed E-state index contributed by atoms with van der Waals surface area (Å²) in [6.45, 7) is 7.70. The number of anilines is 2. The van der Waals surface area contributed by atoms with Crippen LogP contribution in [0.3, 0.4) is 0 Å². The summed E-state index contributed by atoms with van der Waals surface area (Å²) >= 11 is 0. The first-order valence-electron chi connectivity index (χ1n) is 14.2. The van der Waals surface area contributed by atoms with Gasteiger partial charge >= 0.3 is 0 Å². The number of likely N-dealkylation sites (N-methyl/N-ethyl adjacent to an activating group) is 1. The van der Waals surface area contributed by atoms with E-state index < -0.39 is 35.2 Å². The number of rotatable bonds is 10. The second-order valence-electron chi connectivity index (χ2n) is 11.8. The van der Waals surface area contributed by atoms with E-state index in [0.717, 1.165) is 12.1 Å². The SMILES string of the molecule is CN[C@@H](C)C(=O)N[C@H](C(=O)N1CCC[C@H]1C(=O)Cc1cc2c(Nc3c(F)cccc3F)ncnc2cc1OC)C(C)(C)C. The lowest BCUT2D eigenvalue weighted by Gasteiger charge is -2.36. The maximum atomic E-state index is 14.4. The molecule has 2 heterocycles. The summed E-state index contributed by atoms with van der Waals surface area (Å²) in [6, 6.07) is 4.81. The van der Waals surface area contributed by atoms with Crippen LogP contribution in [0.2, 0.25) is 0 Å². The second-order valence-corrected chi connectivity index (χ2v) is 11.8. The molecule has 2 amide bonds. The van der Waals surface area contributed by atoms with Gasteiger partial charge in [0.15, 0.2) is 5.78 Å². The Morgan fingerprint density at radius 1 is 1.14 bits per heavy atom. The first-order chi connectivity index (χ1) is 20.3. The van der Waals surface area contributed by atoms with Crippen molar-refractivity contribution >= 4 is 40.0 Å². The number of halogens is 2. The molecule has 1 aromatic heterocycles. The number of ether oxygens (including phenoxy) is 1. The third-order valence-electron chi connectivity index (χ3n) is 7.74. The van der Waals surface area contributed by atoms with Crippen molar-refractivity contribution < 1.29 is 27.9 Å². The van der Waals surface area contributed by atoms with Gasteiger partial charge in [-0.3, -0.25) is 14.4 Å². The fourth-order valence-electron chi connectivity index (χ4n) is 5.18. The molecule has 0 unspecified atom stereocenters. The number of amides is 2. The van der Waals surface area contributed by atoms with E-state index in [-0.39, 0.29) is 35.5 Å². The molecule has 1 saturated heterocycles. The molecule has 3 N–H and O–H groups in total. The number of fused-ring (bicyclic) bond motifs is 1. The molecule has 10 nitrogen and oxygen atoms in total. The average Bonchev–Trinajstić information content (AvgIpc) is 3.46. The minimum Gasteiger partial charge on any atom is -0.496 e. The molecule has 1 aliphatic heterocycles. The number of carbonyl (C=O) groups is 3. The Bertz CT molecular complexity index is 1510. The van der Waals surface area contributed by atoms with Crippen molar-refractivity contribution in [3.63, 3.8) is 0 Å². The molecule has 4 rings (SSSR count). The summed E-state index contributed by atoms with van der Waals surface area (Å²) in [5.74, 6) is -1.82. The molecule has 3 aromatic rings. The summed E-state index contributed by atoms with van der Waals surface area (Å²) in [7, 11) is 3.14. The molecule has 0 saturated carbocycles. The van der Waals surface area contributed by atoms with Gasteiger partial charge in [0.1, 0.15) is 41.3 Å². The molecule has 230 valence electrons. The van der Waals surface area contributed by atoms with Crippen LogP contribution in [0.25, 0.3) is 10.9 Å². The summed E-state index contributed by atoms with van der Waals surface area (Å²) in [5, 5.41) is 8.89. The quantitative estimate of drug-likeness (QED) is 0.322. The molecule has 0 radical (unpaired) electrons. The highest BCUT2D eigenvalue weighted by Crippen LogP contribution is 2.33. The predicted molar refractivity (Wildman–Crippen MR) is 159 cm³/mol. The van der Waals surface area contributed by atoms with Gasteiger partial charge in [0.2, 0.25) is 11.8 Å². The van der Waals surface area contributed by atoms with Crippen LogP contribution in [0.4, 0.5) is 20.3 Å². The molecular weight excluding hydrogens is 558 g/mol. The number of hydrogen-bond acceptors (Lipinski definition) is 8. The zero-order valence-corrected chi connectivity index (χ0v) is 25.3. The van der Waals surface area contributed by atoms with Crippen LogP contribution >= 0.6 is 0 Å². The zero-order valence-electron chi connectivity index (χ0n) is 25.3. The first kappa shape index (κ1) is 31.7. The largest absolute Gasteiger partial charge is 0.496 e. The maximum absolute atomic E-state index is 14.4. The van der Waals surface area contributed by atoms with Crippen LogP contribution in [-0.2, 0) is 20.8 Å². The number of ketones is 1. The Kier molecular flexibility index (Phi) is 9.59. The fraction of sp³-hybridized carbons (Fsp3) is 0.452. The van der Waals surface area contributed by atoms with Crippen LogP contribution in [0.15, 0.2) is 36.7 Å². The van der Waals surface area contributed by atoms with Gasteiger partial charge in [-0.2, -0.15) is 0 Å². The van der Waals surface area contributed by atoms with Crippen molar-refractivity contribution in [1.29, 1.82) is 0 Å². The van der Waals surface area contributed by atoms with Crippen molar-refractivity contribution in [2.75, 3.05) is 26.0 Å². The lowest BCUT2D eigenvalue weighted by molar-refractivity contribution is -0.143. The van der Waals surface area contributed by atoms with E-state index in [1.54, 1.807) is 31.0 Å². The highest BCUT2D eigenvalue weighted by molar-refractivity contribution is 5.97. The predicted octanol–water partition coefficient (Wildman–Crippen LogP) is 3.90. The number of Topliss-reactive ketones (excluding diaryl/α,β-unsaturated/α-hetero) is 1. The Hall–Kier alpha value is -4.19. The Labute approximate surface area is 249 Å². The third kappa shape index (κ3) is 6.90. The molecular formula is C31H38F2N6O4. The number of methoxy groups -OCH3 is 1. The van der Waals surface area contributed by atoms with E-state index in [1.165, 1.54) is 19.5 Å². The van der Waals surface area contributed by atoms with Gasteiger partial charge in [0.25, 0.3) is 0 Å². The van der Waals surface area contributed by atoms with Gasteiger partial charge in [-0.25, -0.2) is 18.7 Å². The van der Waals surface area contributed by atoms with Crippen LogP contribution in [-0.4, -0.2) is 71.3 Å². The topological polar surface area (TPSA) is 126 Å². The summed E-state index contributed by atoms with van der Waals surface area (Å²) in [4.78, 5) is 50.2.